The molecule has 0 heterocycles. The maximum Gasteiger partial charge on any atom is 0 e. The van der Waals surface area contributed by atoms with Gasteiger partial charge in [-0.3, -0.25) is 0 Å². The summed E-state index contributed by atoms with van der Waals surface area (Å²) >= 11 is 0. The zero-order chi connectivity index (χ0) is 24.7. The van der Waals surface area contributed by atoms with Crippen molar-refractivity contribution in [3.63, 3.8) is 0 Å². The van der Waals surface area contributed by atoms with Crippen LogP contribution in [-0.4, -0.2) is 0 Å². The molecule has 0 radical (unpaired) electrons. The molecular weight excluding hydrogens is 623 g/mol. The maximum absolute atomic E-state index is 2.12. The van der Waals surface area contributed by atoms with Crippen LogP contribution in [0.25, 0.3) is 33.4 Å². The predicted molar refractivity (Wildman–Crippen MR) is 156 cm³/mol. The molecule has 0 nitrogen and oxygen atoms in total. The van der Waals surface area contributed by atoms with Crippen molar-refractivity contribution in [3.8, 4) is 33.4 Å². The fourth-order valence-electron chi connectivity index (χ4n) is 3.78. The van der Waals surface area contributed by atoms with Gasteiger partial charge in [0, 0.05) is 19.8 Å². The van der Waals surface area contributed by atoms with Crippen molar-refractivity contribution in [1.82, 2.24) is 0 Å². The van der Waals surface area contributed by atoms with Gasteiger partial charge in [0.05, 0.1) is 0 Å². The molecule has 0 aliphatic heterocycles. The minimum atomic E-state index is 0. The summed E-state index contributed by atoms with van der Waals surface area (Å²) in [6.45, 7) is 0. The normalized spacial score (nSPS) is 9.41. The van der Waals surface area contributed by atoms with Gasteiger partial charge in [0.2, 0.25) is 0 Å². The molecule has 0 spiro atoms. The molecule has 0 amide bonds. The van der Waals surface area contributed by atoms with Gasteiger partial charge in [-0.2, -0.15) is 0 Å². The molecule has 6 aromatic carbocycles. The second-order valence-corrected chi connectivity index (χ2v) is 8.20. The van der Waals surface area contributed by atoms with E-state index < -0.39 is 0 Å². The molecule has 0 saturated heterocycles. The van der Waals surface area contributed by atoms with E-state index in [1.165, 1.54) is 33.4 Å². The molecule has 0 unspecified atom stereocenters. The molecule has 1 heteroatoms. The minimum absolute atomic E-state index is 0. The van der Waals surface area contributed by atoms with Crippen LogP contribution in [0.4, 0.5) is 0 Å². The number of hydrogen-bond acceptors (Lipinski definition) is 0. The first-order chi connectivity index (χ1) is 17.9. The topological polar surface area (TPSA) is 0 Å². The Kier molecular flexibility index (Phi) is 11.8. The predicted octanol–water partition coefficient (Wildman–Crippen LogP) is 10.1. The second-order valence-electron chi connectivity index (χ2n) is 8.20. The largest absolute Gasteiger partial charge is 0.0622 e. The van der Waals surface area contributed by atoms with Crippen LogP contribution in [-0.2, 0) is 19.8 Å². The van der Waals surface area contributed by atoms with Gasteiger partial charge in [-0.15, -0.1) is 0 Å². The Hall–Kier alpha value is -4.04. The van der Waals surface area contributed by atoms with E-state index in [0.717, 1.165) is 0 Å². The fraction of sp³-hybridized carbons (Fsp3) is 0. The van der Waals surface area contributed by atoms with Crippen molar-refractivity contribution in [2.24, 2.45) is 0 Å². The summed E-state index contributed by atoms with van der Waals surface area (Å²) in [5.41, 5.74) is 7.66. The van der Waals surface area contributed by atoms with Crippen LogP contribution in [0.2, 0.25) is 0 Å². The Morgan fingerprint density at radius 2 is 0.270 bits per heavy atom. The summed E-state index contributed by atoms with van der Waals surface area (Å²) in [5, 5.41) is 0. The Balaban J connectivity index is 0.000000152. The van der Waals surface area contributed by atoms with Crippen molar-refractivity contribution in [1.29, 1.82) is 0 Å². The molecule has 0 N–H and O–H groups in total. The zero-order valence-corrected chi connectivity index (χ0v) is 23.2. The van der Waals surface area contributed by atoms with Crippen LogP contribution in [0.5, 0.6) is 0 Å². The van der Waals surface area contributed by atoms with Gasteiger partial charge in [0.25, 0.3) is 0 Å². The molecule has 6 rings (SSSR count). The van der Waals surface area contributed by atoms with Crippen molar-refractivity contribution in [2.45, 2.75) is 0 Å². The van der Waals surface area contributed by atoms with Crippen LogP contribution in [0.3, 0.4) is 0 Å². The Morgan fingerprint density at radius 1 is 0.162 bits per heavy atom. The van der Waals surface area contributed by atoms with E-state index in [-0.39, 0.29) is 19.8 Å². The van der Waals surface area contributed by atoms with Crippen molar-refractivity contribution in [3.05, 3.63) is 182 Å². The standard InChI is InChI=1S/3C12H10.Os/c3*1-3-7-11(8-4-1)12-9-5-2-6-10-12;/h3*1-10H;. The van der Waals surface area contributed by atoms with E-state index in [0.29, 0.717) is 0 Å². The molecule has 6 aromatic rings. The van der Waals surface area contributed by atoms with Crippen LogP contribution in [0, 0.1) is 0 Å². The van der Waals surface area contributed by atoms with E-state index in [2.05, 4.69) is 146 Å². The number of rotatable bonds is 3. The summed E-state index contributed by atoms with van der Waals surface area (Å²) < 4.78 is 0. The molecule has 0 atom stereocenters. The third kappa shape index (κ3) is 9.16. The Bertz CT molecular complexity index is 1080. The molecule has 0 bridgehead atoms. The fourth-order valence-corrected chi connectivity index (χ4v) is 3.78. The first kappa shape index (κ1) is 27.5. The van der Waals surface area contributed by atoms with Crippen molar-refractivity contribution in [2.75, 3.05) is 0 Å². The molecular formula is C36H30Os. The number of benzene rings is 6. The quantitative estimate of drug-likeness (QED) is 0.179. The van der Waals surface area contributed by atoms with E-state index in [9.17, 15) is 0 Å². The molecule has 0 aliphatic carbocycles. The summed E-state index contributed by atoms with van der Waals surface area (Å²) in [7, 11) is 0. The first-order valence-electron chi connectivity index (χ1n) is 12.2. The third-order valence-electron chi connectivity index (χ3n) is 5.64. The van der Waals surface area contributed by atoms with Crippen LogP contribution >= 0.6 is 0 Å². The van der Waals surface area contributed by atoms with E-state index in [4.69, 9.17) is 0 Å². The minimum Gasteiger partial charge on any atom is -0.0622 e. The molecule has 37 heavy (non-hydrogen) atoms. The molecule has 0 aromatic heterocycles. The van der Waals surface area contributed by atoms with Crippen LogP contribution in [0.15, 0.2) is 182 Å². The Labute approximate surface area is 234 Å². The van der Waals surface area contributed by atoms with E-state index in [1.807, 2.05) is 36.4 Å². The smallest absolute Gasteiger partial charge is 0 e. The number of hydrogen-bond donors (Lipinski definition) is 0. The van der Waals surface area contributed by atoms with Crippen LogP contribution < -0.4 is 0 Å². The van der Waals surface area contributed by atoms with Gasteiger partial charge in [-0.25, -0.2) is 0 Å². The maximum atomic E-state index is 2.12. The van der Waals surface area contributed by atoms with E-state index in [1.54, 1.807) is 0 Å². The molecule has 0 fully saturated rings. The van der Waals surface area contributed by atoms with Crippen LogP contribution in [0.1, 0.15) is 0 Å². The summed E-state index contributed by atoms with van der Waals surface area (Å²) in [4.78, 5) is 0. The van der Waals surface area contributed by atoms with Gasteiger partial charge < -0.3 is 0 Å². The van der Waals surface area contributed by atoms with Gasteiger partial charge in [0.15, 0.2) is 0 Å². The van der Waals surface area contributed by atoms with Gasteiger partial charge in [-0.1, -0.05) is 182 Å². The summed E-state index contributed by atoms with van der Waals surface area (Å²) in [5.74, 6) is 0. The van der Waals surface area contributed by atoms with Gasteiger partial charge in [0.1, 0.15) is 0 Å². The molecule has 0 aliphatic rings. The van der Waals surface area contributed by atoms with Crippen molar-refractivity contribution >= 4 is 0 Å². The third-order valence-corrected chi connectivity index (χ3v) is 5.64. The first-order valence-corrected chi connectivity index (χ1v) is 12.2. The molecule has 182 valence electrons. The second kappa shape index (κ2) is 15.8. The van der Waals surface area contributed by atoms with Gasteiger partial charge >= 0.3 is 0 Å². The summed E-state index contributed by atoms with van der Waals surface area (Å²) in [6, 6.07) is 62.3. The van der Waals surface area contributed by atoms with Gasteiger partial charge in [-0.05, 0) is 33.4 Å². The molecule has 0 saturated carbocycles. The summed E-state index contributed by atoms with van der Waals surface area (Å²) in [6.07, 6.45) is 0. The van der Waals surface area contributed by atoms with E-state index >= 15 is 0 Å². The average molecular weight is 653 g/mol. The zero-order valence-electron chi connectivity index (χ0n) is 20.7. The average Bonchev–Trinajstić information content (AvgIpc) is 3.01. The SMILES string of the molecule is [Os].c1ccc(-c2ccccc2)cc1.c1ccc(-c2ccccc2)cc1.c1ccc(-c2ccccc2)cc1. The Morgan fingerprint density at radius 3 is 0.378 bits per heavy atom. The van der Waals surface area contributed by atoms with Crippen molar-refractivity contribution < 1.29 is 19.8 Å². The monoisotopic (exact) mass is 654 g/mol.